The van der Waals surface area contributed by atoms with E-state index in [1.807, 2.05) is 0 Å². The van der Waals surface area contributed by atoms with Crippen LogP contribution in [0.15, 0.2) is 23.1 Å². The van der Waals surface area contributed by atoms with E-state index in [-0.39, 0.29) is 22.4 Å². The van der Waals surface area contributed by atoms with Crippen molar-refractivity contribution in [2.24, 2.45) is 5.92 Å². The molecule has 0 saturated heterocycles. The largest absolute Gasteiger partial charge is 0.399 e. The zero-order valence-electron chi connectivity index (χ0n) is 10.2. The SMILES string of the molecule is CC(C)C(O)CNS(=O)(=O)c1ccc(N)cc1Cl. The number of sulfonamides is 1. The van der Waals surface area contributed by atoms with E-state index in [0.717, 1.165) is 0 Å². The number of nitrogen functional groups attached to an aromatic ring is 1. The molecule has 1 aromatic carbocycles. The smallest absolute Gasteiger partial charge is 0.242 e. The predicted molar refractivity (Wildman–Crippen MR) is 71.9 cm³/mol. The number of aliphatic hydroxyl groups is 1. The Labute approximate surface area is 112 Å². The lowest BCUT2D eigenvalue weighted by atomic mass is 10.1. The van der Waals surface area contributed by atoms with Crippen molar-refractivity contribution in [2.75, 3.05) is 12.3 Å². The lowest BCUT2D eigenvalue weighted by Gasteiger charge is -2.15. The van der Waals surface area contributed by atoms with Crippen molar-refractivity contribution in [3.8, 4) is 0 Å². The number of nitrogens with two attached hydrogens (primary N) is 1. The van der Waals surface area contributed by atoms with E-state index in [9.17, 15) is 13.5 Å². The number of rotatable bonds is 5. The van der Waals surface area contributed by atoms with Gasteiger partial charge in [0.05, 0.1) is 11.1 Å². The van der Waals surface area contributed by atoms with Crippen molar-refractivity contribution in [2.45, 2.75) is 24.8 Å². The Bertz CT molecular complexity index is 517. The molecule has 0 radical (unpaired) electrons. The fraction of sp³-hybridized carbons (Fsp3) is 0.455. The summed E-state index contributed by atoms with van der Waals surface area (Å²) in [5.74, 6) is -0.0328. The summed E-state index contributed by atoms with van der Waals surface area (Å²) < 4.78 is 26.2. The van der Waals surface area contributed by atoms with Gasteiger partial charge in [-0.05, 0) is 24.1 Å². The fourth-order valence-electron chi connectivity index (χ4n) is 1.24. The number of hydrogen-bond acceptors (Lipinski definition) is 4. The summed E-state index contributed by atoms with van der Waals surface area (Å²) in [6.45, 7) is 3.55. The molecule has 4 N–H and O–H groups in total. The Kier molecular flexibility index (Phi) is 4.98. The van der Waals surface area contributed by atoms with Gasteiger partial charge in [-0.3, -0.25) is 0 Å². The van der Waals surface area contributed by atoms with Crippen LogP contribution in [0.3, 0.4) is 0 Å². The number of anilines is 1. The lowest BCUT2D eigenvalue weighted by molar-refractivity contribution is 0.129. The minimum Gasteiger partial charge on any atom is -0.399 e. The molecule has 0 aliphatic heterocycles. The molecule has 0 bridgehead atoms. The Hall–Kier alpha value is -0.820. The molecule has 1 rings (SSSR count). The Morgan fingerprint density at radius 3 is 2.56 bits per heavy atom. The van der Waals surface area contributed by atoms with Crippen LogP contribution in [0.25, 0.3) is 0 Å². The molecular formula is C11H17ClN2O3S. The second kappa shape index (κ2) is 5.88. The van der Waals surface area contributed by atoms with Gasteiger partial charge in [0.1, 0.15) is 4.90 Å². The van der Waals surface area contributed by atoms with Gasteiger partial charge in [0, 0.05) is 12.2 Å². The minimum atomic E-state index is -3.73. The zero-order valence-corrected chi connectivity index (χ0v) is 11.8. The van der Waals surface area contributed by atoms with E-state index in [1.165, 1.54) is 18.2 Å². The molecular weight excluding hydrogens is 276 g/mol. The highest BCUT2D eigenvalue weighted by Gasteiger charge is 2.20. The maximum absolute atomic E-state index is 11.9. The average Bonchev–Trinajstić information content (AvgIpc) is 2.25. The van der Waals surface area contributed by atoms with Crippen molar-refractivity contribution < 1.29 is 13.5 Å². The first kappa shape index (κ1) is 15.2. The van der Waals surface area contributed by atoms with Crippen LogP contribution in [-0.2, 0) is 10.0 Å². The summed E-state index contributed by atoms with van der Waals surface area (Å²) in [5.41, 5.74) is 5.88. The first-order chi connectivity index (χ1) is 8.24. The molecule has 0 aliphatic carbocycles. The molecule has 1 unspecified atom stereocenters. The van der Waals surface area contributed by atoms with Crippen molar-refractivity contribution in [3.63, 3.8) is 0 Å². The molecule has 18 heavy (non-hydrogen) atoms. The molecule has 0 spiro atoms. The summed E-state index contributed by atoms with van der Waals surface area (Å²) in [6.07, 6.45) is -0.743. The van der Waals surface area contributed by atoms with Gasteiger partial charge in [-0.25, -0.2) is 13.1 Å². The number of hydrogen-bond donors (Lipinski definition) is 3. The number of halogens is 1. The molecule has 5 nitrogen and oxygen atoms in total. The second-order valence-corrected chi connectivity index (χ2v) is 6.50. The van der Waals surface area contributed by atoms with Crippen LogP contribution in [0, 0.1) is 5.92 Å². The molecule has 1 aromatic rings. The monoisotopic (exact) mass is 292 g/mol. The van der Waals surface area contributed by atoms with E-state index in [4.69, 9.17) is 17.3 Å². The third-order valence-corrected chi connectivity index (χ3v) is 4.40. The van der Waals surface area contributed by atoms with E-state index in [2.05, 4.69) is 4.72 Å². The normalized spacial score (nSPS) is 13.8. The molecule has 0 saturated carbocycles. The zero-order chi connectivity index (χ0) is 13.9. The van der Waals surface area contributed by atoms with Gasteiger partial charge in [0.25, 0.3) is 0 Å². The summed E-state index contributed by atoms with van der Waals surface area (Å²) in [4.78, 5) is -0.0469. The van der Waals surface area contributed by atoms with Gasteiger partial charge in [-0.1, -0.05) is 25.4 Å². The molecule has 0 heterocycles. The van der Waals surface area contributed by atoms with Crippen molar-refractivity contribution in [1.29, 1.82) is 0 Å². The van der Waals surface area contributed by atoms with Gasteiger partial charge in [-0.15, -0.1) is 0 Å². The molecule has 0 fully saturated rings. The summed E-state index contributed by atoms with van der Waals surface area (Å²) in [6, 6.07) is 4.16. The Morgan fingerprint density at radius 2 is 2.06 bits per heavy atom. The Morgan fingerprint density at radius 1 is 1.44 bits per heavy atom. The summed E-state index contributed by atoms with van der Waals surface area (Å²) in [7, 11) is -3.73. The minimum absolute atomic E-state index is 0.0328. The van der Waals surface area contributed by atoms with Crippen molar-refractivity contribution in [3.05, 3.63) is 23.2 Å². The van der Waals surface area contributed by atoms with Crippen LogP contribution in [0.5, 0.6) is 0 Å². The standard InChI is InChI=1S/C11H17ClN2O3S/c1-7(2)10(15)6-14-18(16,17)11-4-3-8(13)5-9(11)12/h3-5,7,10,14-15H,6,13H2,1-2H3. The number of nitrogens with one attached hydrogen (secondary N) is 1. The Balaban J connectivity index is 2.87. The first-order valence-corrected chi connectivity index (χ1v) is 7.33. The van der Waals surface area contributed by atoms with Crippen LogP contribution < -0.4 is 10.5 Å². The van der Waals surface area contributed by atoms with Crippen LogP contribution in [0.2, 0.25) is 5.02 Å². The van der Waals surface area contributed by atoms with E-state index in [1.54, 1.807) is 13.8 Å². The van der Waals surface area contributed by atoms with Gasteiger partial charge in [-0.2, -0.15) is 0 Å². The van der Waals surface area contributed by atoms with E-state index in [0.29, 0.717) is 5.69 Å². The molecule has 0 amide bonds. The van der Waals surface area contributed by atoms with Crippen molar-refractivity contribution >= 4 is 27.3 Å². The molecule has 0 aliphatic rings. The maximum atomic E-state index is 11.9. The van der Waals surface area contributed by atoms with Crippen LogP contribution in [-0.4, -0.2) is 26.2 Å². The third-order valence-electron chi connectivity index (χ3n) is 2.50. The molecule has 7 heteroatoms. The molecule has 102 valence electrons. The number of aliphatic hydroxyl groups excluding tert-OH is 1. The van der Waals surface area contributed by atoms with Gasteiger partial charge in [0.15, 0.2) is 0 Å². The van der Waals surface area contributed by atoms with Gasteiger partial charge < -0.3 is 10.8 Å². The van der Waals surface area contributed by atoms with Gasteiger partial charge in [0.2, 0.25) is 10.0 Å². The highest BCUT2D eigenvalue weighted by atomic mass is 35.5. The maximum Gasteiger partial charge on any atom is 0.242 e. The van der Waals surface area contributed by atoms with Crippen molar-refractivity contribution in [1.82, 2.24) is 4.72 Å². The average molecular weight is 293 g/mol. The first-order valence-electron chi connectivity index (χ1n) is 5.47. The second-order valence-electron chi connectivity index (χ2n) is 4.35. The fourth-order valence-corrected chi connectivity index (χ4v) is 2.85. The third kappa shape index (κ3) is 3.84. The lowest BCUT2D eigenvalue weighted by Crippen LogP contribution is -2.34. The van der Waals surface area contributed by atoms with Crippen LogP contribution in [0.1, 0.15) is 13.8 Å². The number of benzene rings is 1. The highest BCUT2D eigenvalue weighted by Crippen LogP contribution is 2.23. The summed E-state index contributed by atoms with van der Waals surface area (Å²) >= 11 is 5.83. The van der Waals surface area contributed by atoms with Crippen LogP contribution in [0.4, 0.5) is 5.69 Å². The van der Waals surface area contributed by atoms with Gasteiger partial charge >= 0.3 is 0 Å². The van der Waals surface area contributed by atoms with Crippen LogP contribution >= 0.6 is 11.6 Å². The highest BCUT2D eigenvalue weighted by molar-refractivity contribution is 7.89. The quantitative estimate of drug-likeness (QED) is 0.712. The molecule has 1 atom stereocenters. The van der Waals surface area contributed by atoms with E-state index >= 15 is 0 Å². The van der Waals surface area contributed by atoms with E-state index < -0.39 is 16.1 Å². The predicted octanol–water partition coefficient (Wildman–Crippen LogP) is 1.22. The topological polar surface area (TPSA) is 92.4 Å². The molecule has 0 aromatic heterocycles. The summed E-state index contributed by atoms with van der Waals surface area (Å²) in [5, 5.41) is 9.63.